The van der Waals surface area contributed by atoms with Crippen LogP contribution in [0, 0.1) is 5.82 Å². The highest BCUT2D eigenvalue weighted by molar-refractivity contribution is 7.91. The van der Waals surface area contributed by atoms with E-state index < -0.39 is 33.1 Å². The lowest BCUT2D eigenvalue weighted by molar-refractivity contribution is -0.134. The second-order valence-electron chi connectivity index (χ2n) is 3.39. The molecular weight excluding hydrogens is 251 g/mol. The van der Waals surface area contributed by atoms with E-state index in [-0.39, 0.29) is 11.3 Å². The average Bonchev–Trinajstić information content (AvgIpc) is 2.14. The van der Waals surface area contributed by atoms with Crippen molar-refractivity contribution in [1.82, 2.24) is 0 Å². The van der Waals surface area contributed by atoms with E-state index in [1.54, 1.807) is 0 Å². The fourth-order valence-electron chi connectivity index (χ4n) is 1.29. The smallest absolute Gasteiger partial charge is 0.318 e. The lowest BCUT2D eigenvalue weighted by Gasteiger charge is -2.05. The van der Waals surface area contributed by atoms with E-state index in [1.807, 2.05) is 0 Å². The summed E-state index contributed by atoms with van der Waals surface area (Å²) in [6, 6.07) is 3.68. The minimum absolute atomic E-state index is 0.00406. The van der Waals surface area contributed by atoms with Crippen molar-refractivity contribution >= 4 is 15.8 Å². The fourth-order valence-corrected chi connectivity index (χ4v) is 2.46. The third-order valence-electron chi connectivity index (χ3n) is 1.95. The lowest BCUT2D eigenvalue weighted by Crippen LogP contribution is -2.17. The molecule has 0 bridgehead atoms. The Labute approximate surface area is 97.8 Å². The maximum Gasteiger partial charge on any atom is 0.318 e. The molecule has 0 heterocycles. The predicted molar refractivity (Wildman–Crippen MR) is 58.1 cm³/mol. The van der Waals surface area contributed by atoms with Crippen LogP contribution >= 0.6 is 0 Å². The van der Waals surface area contributed by atoms with Crippen molar-refractivity contribution in [2.75, 3.05) is 12.9 Å². The van der Waals surface area contributed by atoms with Crippen LogP contribution in [0.5, 0.6) is 5.75 Å². The van der Waals surface area contributed by atoms with Gasteiger partial charge in [0.1, 0.15) is 5.75 Å². The molecule has 0 saturated carbocycles. The molecule has 5 nitrogen and oxygen atoms in total. The number of hydrogen-bond donors (Lipinski definition) is 1. The van der Waals surface area contributed by atoms with Gasteiger partial charge in [-0.1, -0.05) is 6.07 Å². The van der Waals surface area contributed by atoms with Crippen LogP contribution in [0.3, 0.4) is 0 Å². The van der Waals surface area contributed by atoms with Crippen LogP contribution in [0.2, 0.25) is 0 Å². The Hall–Kier alpha value is -1.63. The lowest BCUT2D eigenvalue weighted by atomic mass is 10.2. The first-order chi connectivity index (χ1) is 7.84. The highest BCUT2D eigenvalue weighted by Crippen LogP contribution is 2.19. The molecule has 0 radical (unpaired) electrons. The second kappa shape index (κ2) is 5.13. The SMILES string of the molecule is COc1ccc(CS(=O)(=O)CC(=O)O)cc1F. The summed E-state index contributed by atoms with van der Waals surface area (Å²) in [5.41, 5.74) is 0.185. The number of benzene rings is 1. The predicted octanol–water partition coefficient (Wildman–Crippen LogP) is 0.834. The van der Waals surface area contributed by atoms with E-state index in [9.17, 15) is 17.6 Å². The van der Waals surface area contributed by atoms with Gasteiger partial charge < -0.3 is 9.84 Å². The molecule has 0 aliphatic carbocycles. The molecular formula is C10H11FO5S. The Morgan fingerprint density at radius 3 is 2.59 bits per heavy atom. The maximum absolute atomic E-state index is 13.3. The van der Waals surface area contributed by atoms with Crippen LogP contribution in [0.1, 0.15) is 5.56 Å². The molecule has 0 saturated heterocycles. The van der Waals surface area contributed by atoms with Gasteiger partial charge in [-0.05, 0) is 17.7 Å². The van der Waals surface area contributed by atoms with E-state index in [2.05, 4.69) is 4.74 Å². The Balaban J connectivity index is 2.89. The van der Waals surface area contributed by atoms with Gasteiger partial charge in [0.2, 0.25) is 0 Å². The molecule has 0 aliphatic rings. The summed E-state index contributed by atoms with van der Waals surface area (Å²) < 4.78 is 40.6. The molecule has 0 aliphatic heterocycles. The molecule has 94 valence electrons. The normalized spacial score (nSPS) is 11.2. The average molecular weight is 262 g/mol. The fraction of sp³-hybridized carbons (Fsp3) is 0.300. The molecule has 0 aromatic heterocycles. The van der Waals surface area contributed by atoms with E-state index in [0.29, 0.717) is 0 Å². The van der Waals surface area contributed by atoms with Gasteiger partial charge in [-0.3, -0.25) is 4.79 Å². The number of carboxylic acids is 1. The maximum atomic E-state index is 13.3. The van der Waals surface area contributed by atoms with Crippen LogP contribution in [0.4, 0.5) is 4.39 Å². The summed E-state index contributed by atoms with van der Waals surface area (Å²) >= 11 is 0. The monoisotopic (exact) mass is 262 g/mol. The van der Waals surface area contributed by atoms with Crippen molar-refractivity contribution < 1.29 is 27.4 Å². The van der Waals surface area contributed by atoms with Crippen LogP contribution < -0.4 is 4.74 Å². The number of sulfone groups is 1. The summed E-state index contributed by atoms with van der Waals surface area (Å²) in [7, 11) is -2.49. The van der Waals surface area contributed by atoms with Crippen molar-refractivity contribution in [3.63, 3.8) is 0 Å². The van der Waals surface area contributed by atoms with Gasteiger partial charge in [-0.15, -0.1) is 0 Å². The zero-order valence-electron chi connectivity index (χ0n) is 9.01. The van der Waals surface area contributed by atoms with Gasteiger partial charge in [0.15, 0.2) is 21.4 Å². The van der Waals surface area contributed by atoms with Gasteiger partial charge in [0, 0.05) is 0 Å². The second-order valence-corrected chi connectivity index (χ2v) is 5.46. The number of aliphatic carboxylic acids is 1. The molecule has 1 N–H and O–H groups in total. The summed E-state index contributed by atoms with van der Waals surface area (Å²) in [5.74, 6) is -3.60. The standard InChI is InChI=1S/C10H11FO5S/c1-16-9-3-2-7(4-8(9)11)5-17(14,15)6-10(12)13/h2-4H,5-6H2,1H3,(H,12,13). The van der Waals surface area contributed by atoms with Crippen LogP contribution in [-0.4, -0.2) is 32.4 Å². The molecule has 7 heteroatoms. The molecule has 17 heavy (non-hydrogen) atoms. The Kier molecular flexibility index (Phi) is 4.06. The van der Waals surface area contributed by atoms with Crippen LogP contribution in [0.15, 0.2) is 18.2 Å². The Morgan fingerprint density at radius 2 is 2.12 bits per heavy atom. The van der Waals surface area contributed by atoms with E-state index in [4.69, 9.17) is 5.11 Å². The number of carbonyl (C=O) groups is 1. The zero-order chi connectivity index (χ0) is 13.1. The van der Waals surface area contributed by atoms with Crippen LogP contribution in [-0.2, 0) is 20.4 Å². The van der Waals surface area contributed by atoms with Gasteiger partial charge in [-0.2, -0.15) is 0 Å². The summed E-state index contributed by atoms with van der Waals surface area (Å²) in [4.78, 5) is 10.3. The van der Waals surface area contributed by atoms with E-state index in [1.165, 1.54) is 19.2 Å². The van der Waals surface area contributed by atoms with Crippen molar-refractivity contribution in [3.05, 3.63) is 29.6 Å². The number of methoxy groups -OCH3 is 1. The Bertz CT molecular complexity index is 523. The molecule has 1 aromatic carbocycles. The summed E-state index contributed by atoms with van der Waals surface area (Å²) in [6.45, 7) is 0. The quantitative estimate of drug-likeness (QED) is 0.850. The first kappa shape index (κ1) is 13.4. The molecule has 0 unspecified atom stereocenters. The molecule has 0 atom stereocenters. The van der Waals surface area contributed by atoms with Gasteiger partial charge in [0.05, 0.1) is 12.9 Å². The third-order valence-corrected chi connectivity index (χ3v) is 3.41. The number of ether oxygens (including phenoxy) is 1. The summed E-state index contributed by atoms with van der Waals surface area (Å²) in [6.07, 6.45) is 0. The number of rotatable bonds is 5. The van der Waals surface area contributed by atoms with E-state index >= 15 is 0 Å². The number of halogens is 1. The minimum Gasteiger partial charge on any atom is -0.494 e. The van der Waals surface area contributed by atoms with Crippen molar-refractivity contribution in [2.24, 2.45) is 0 Å². The zero-order valence-corrected chi connectivity index (χ0v) is 9.83. The number of carboxylic acid groups (broad SMARTS) is 1. The molecule has 0 spiro atoms. The largest absolute Gasteiger partial charge is 0.494 e. The number of hydrogen-bond acceptors (Lipinski definition) is 4. The topological polar surface area (TPSA) is 80.7 Å². The third kappa shape index (κ3) is 4.03. The van der Waals surface area contributed by atoms with Crippen molar-refractivity contribution in [2.45, 2.75) is 5.75 Å². The molecule has 1 rings (SSSR count). The summed E-state index contributed by atoms with van der Waals surface area (Å²) in [5, 5.41) is 8.39. The van der Waals surface area contributed by atoms with Crippen molar-refractivity contribution in [3.8, 4) is 5.75 Å². The molecule has 0 amide bonds. The van der Waals surface area contributed by atoms with Crippen molar-refractivity contribution in [1.29, 1.82) is 0 Å². The van der Waals surface area contributed by atoms with Gasteiger partial charge >= 0.3 is 5.97 Å². The van der Waals surface area contributed by atoms with Crippen LogP contribution in [0.25, 0.3) is 0 Å². The Morgan fingerprint density at radius 1 is 1.47 bits per heavy atom. The van der Waals surface area contributed by atoms with Gasteiger partial charge in [0.25, 0.3) is 0 Å². The van der Waals surface area contributed by atoms with Gasteiger partial charge in [-0.25, -0.2) is 12.8 Å². The molecule has 1 aromatic rings. The minimum atomic E-state index is -3.78. The first-order valence-corrected chi connectivity index (χ1v) is 6.41. The first-order valence-electron chi connectivity index (χ1n) is 4.58. The molecule has 0 fully saturated rings. The van der Waals surface area contributed by atoms with E-state index in [0.717, 1.165) is 6.07 Å². The highest BCUT2D eigenvalue weighted by atomic mass is 32.2. The highest BCUT2D eigenvalue weighted by Gasteiger charge is 2.17.